The van der Waals surface area contributed by atoms with E-state index in [-0.39, 0.29) is 6.04 Å². The zero-order valence-corrected chi connectivity index (χ0v) is 14.4. The highest BCUT2D eigenvalue weighted by molar-refractivity contribution is 7.19. The quantitative estimate of drug-likeness (QED) is 0.738. The van der Waals surface area contributed by atoms with Crippen molar-refractivity contribution in [2.24, 2.45) is 5.92 Å². The van der Waals surface area contributed by atoms with Gasteiger partial charge in [0, 0.05) is 10.9 Å². The lowest BCUT2D eigenvalue weighted by Gasteiger charge is -2.19. The van der Waals surface area contributed by atoms with Gasteiger partial charge in [0.05, 0.1) is 5.39 Å². The van der Waals surface area contributed by atoms with Crippen molar-refractivity contribution in [3.05, 3.63) is 52.7 Å². The van der Waals surface area contributed by atoms with Crippen LogP contribution in [0.25, 0.3) is 10.2 Å². The van der Waals surface area contributed by atoms with Gasteiger partial charge in [-0.1, -0.05) is 37.3 Å². The summed E-state index contributed by atoms with van der Waals surface area (Å²) >= 11 is 1.85. The number of rotatable bonds is 3. The first-order chi connectivity index (χ1) is 11.2. The van der Waals surface area contributed by atoms with Crippen LogP contribution in [-0.2, 0) is 12.8 Å². The van der Waals surface area contributed by atoms with Gasteiger partial charge < -0.3 is 5.32 Å². The van der Waals surface area contributed by atoms with Crippen molar-refractivity contribution >= 4 is 27.4 Å². The van der Waals surface area contributed by atoms with Crippen molar-refractivity contribution in [1.82, 2.24) is 9.97 Å². The van der Waals surface area contributed by atoms with Crippen LogP contribution in [0.4, 0.5) is 5.82 Å². The predicted molar refractivity (Wildman–Crippen MR) is 97.1 cm³/mol. The minimum Gasteiger partial charge on any atom is -0.363 e. The van der Waals surface area contributed by atoms with Crippen molar-refractivity contribution < 1.29 is 0 Å². The fraction of sp³-hybridized carbons (Fsp3) is 0.368. The summed E-state index contributed by atoms with van der Waals surface area (Å²) in [6.07, 6.45) is 5.29. The van der Waals surface area contributed by atoms with Gasteiger partial charge in [-0.15, -0.1) is 11.3 Å². The molecular weight excluding hydrogens is 302 g/mol. The zero-order chi connectivity index (χ0) is 15.8. The minimum absolute atomic E-state index is 0.229. The molecule has 118 valence electrons. The monoisotopic (exact) mass is 323 g/mol. The molecule has 0 saturated carbocycles. The molecule has 1 aromatic carbocycles. The summed E-state index contributed by atoms with van der Waals surface area (Å²) in [6.45, 7) is 4.53. The highest BCUT2D eigenvalue weighted by Gasteiger charge is 2.23. The minimum atomic E-state index is 0.229. The predicted octanol–water partition coefficient (Wildman–Crippen LogP) is 4.99. The molecule has 3 nitrogen and oxygen atoms in total. The van der Waals surface area contributed by atoms with Crippen LogP contribution < -0.4 is 5.32 Å². The number of fused-ring (bicyclic) bond motifs is 3. The van der Waals surface area contributed by atoms with Crippen LogP contribution in [0.2, 0.25) is 0 Å². The molecule has 0 unspecified atom stereocenters. The van der Waals surface area contributed by atoms with Crippen LogP contribution in [-0.4, -0.2) is 9.97 Å². The molecular formula is C19H21N3S. The number of benzene rings is 1. The Morgan fingerprint density at radius 2 is 2.04 bits per heavy atom. The van der Waals surface area contributed by atoms with Crippen molar-refractivity contribution in [3.8, 4) is 0 Å². The summed E-state index contributed by atoms with van der Waals surface area (Å²) in [4.78, 5) is 11.7. The van der Waals surface area contributed by atoms with Gasteiger partial charge in [0.25, 0.3) is 0 Å². The molecule has 0 amide bonds. The highest BCUT2D eigenvalue weighted by atomic mass is 32.1. The second kappa shape index (κ2) is 5.93. The van der Waals surface area contributed by atoms with E-state index in [1.165, 1.54) is 34.2 Å². The maximum Gasteiger partial charge on any atom is 0.138 e. The second-order valence-electron chi connectivity index (χ2n) is 6.53. The molecule has 23 heavy (non-hydrogen) atoms. The van der Waals surface area contributed by atoms with Gasteiger partial charge in [-0.2, -0.15) is 0 Å². The Bertz CT molecular complexity index is 825. The summed E-state index contributed by atoms with van der Waals surface area (Å²) in [5, 5.41) is 4.86. The number of nitrogens with one attached hydrogen (secondary N) is 1. The summed E-state index contributed by atoms with van der Waals surface area (Å²) in [7, 11) is 0. The number of aryl methyl sites for hydroxylation is 1. The molecule has 2 atom stereocenters. The van der Waals surface area contributed by atoms with Crippen molar-refractivity contribution in [1.29, 1.82) is 0 Å². The second-order valence-corrected chi connectivity index (χ2v) is 7.61. The first-order valence-electron chi connectivity index (χ1n) is 8.29. The summed E-state index contributed by atoms with van der Waals surface area (Å²) in [6, 6.07) is 10.7. The lowest BCUT2D eigenvalue weighted by atomic mass is 9.89. The Kier molecular flexibility index (Phi) is 3.77. The molecule has 0 radical (unpaired) electrons. The van der Waals surface area contributed by atoms with Crippen LogP contribution in [0.1, 0.15) is 42.3 Å². The molecule has 0 bridgehead atoms. The van der Waals surface area contributed by atoms with E-state index in [1.807, 2.05) is 11.3 Å². The molecule has 3 aromatic rings. The Hall–Kier alpha value is -1.94. The van der Waals surface area contributed by atoms with Crippen LogP contribution in [0, 0.1) is 5.92 Å². The summed E-state index contributed by atoms with van der Waals surface area (Å²) in [5.41, 5.74) is 2.75. The topological polar surface area (TPSA) is 37.8 Å². The first-order valence-corrected chi connectivity index (χ1v) is 9.10. The van der Waals surface area contributed by atoms with Gasteiger partial charge in [0.1, 0.15) is 17.0 Å². The van der Waals surface area contributed by atoms with Crippen molar-refractivity contribution in [2.45, 2.75) is 39.2 Å². The van der Waals surface area contributed by atoms with E-state index in [0.29, 0.717) is 0 Å². The van der Waals surface area contributed by atoms with Crippen molar-refractivity contribution in [2.75, 3.05) is 5.32 Å². The van der Waals surface area contributed by atoms with Crippen LogP contribution in [0.3, 0.4) is 0 Å². The van der Waals surface area contributed by atoms with E-state index in [2.05, 4.69) is 59.5 Å². The van der Waals surface area contributed by atoms with E-state index < -0.39 is 0 Å². The molecule has 2 heterocycles. The number of thiophene rings is 1. The van der Waals surface area contributed by atoms with Gasteiger partial charge >= 0.3 is 0 Å². The third-order valence-corrected chi connectivity index (χ3v) is 5.91. The Balaban J connectivity index is 1.73. The van der Waals surface area contributed by atoms with E-state index >= 15 is 0 Å². The van der Waals surface area contributed by atoms with Crippen LogP contribution >= 0.6 is 11.3 Å². The fourth-order valence-electron chi connectivity index (χ4n) is 3.41. The fourth-order valence-corrected chi connectivity index (χ4v) is 4.77. The van der Waals surface area contributed by atoms with E-state index in [1.54, 1.807) is 6.33 Å². The Morgan fingerprint density at radius 1 is 1.22 bits per heavy atom. The molecule has 0 saturated heterocycles. The smallest absolute Gasteiger partial charge is 0.138 e. The third-order valence-electron chi connectivity index (χ3n) is 4.74. The number of hydrogen-bond acceptors (Lipinski definition) is 4. The van der Waals surface area contributed by atoms with Gasteiger partial charge in [-0.3, -0.25) is 0 Å². The number of nitrogens with zero attached hydrogens (tertiary/aromatic N) is 2. The summed E-state index contributed by atoms with van der Waals surface area (Å²) in [5.74, 6) is 1.77. The Labute approximate surface area is 140 Å². The van der Waals surface area contributed by atoms with E-state index in [4.69, 9.17) is 0 Å². The molecule has 0 fully saturated rings. The molecule has 0 spiro atoms. The molecule has 4 heteroatoms. The highest BCUT2D eigenvalue weighted by Crippen LogP contribution is 2.40. The molecule has 1 N–H and O–H groups in total. The van der Waals surface area contributed by atoms with Gasteiger partial charge in [-0.05, 0) is 43.2 Å². The zero-order valence-electron chi connectivity index (χ0n) is 13.5. The Morgan fingerprint density at radius 3 is 2.87 bits per heavy atom. The number of hydrogen-bond donors (Lipinski definition) is 1. The standard InChI is InChI=1S/C19H21N3S/c1-12-8-9-15-16(10-12)23-19-17(15)18(20-11-21-19)22-13(2)14-6-4-3-5-7-14/h3-7,11-13H,8-10H2,1-2H3,(H,20,21,22)/t12-,13+/m0/s1. The lowest BCUT2D eigenvalue weighted by Crippen LogP contribution is -2.11. The molecule has 1 aliphatic rings. The van der Waals surface area contributed by atoms with Gasteiger partial charge in [0.2, 0.25) is 0 Å². The number of aromatic nitrogens is 2. The third kappa shape index (κ3) is 2.72. The maximum absolute atomic E-state index is 4.56. The first kappa shape index (κ1) is 14.6. The molecule has 1 aliphatic carbocycles. The average Bonchev–Trinajstić information content (AvgIpc) is 2.94. The SMILES string of the molecule is C[C@H]1CCc2c(sc3ncnc(N[C@H](C)c4ccccc4)c23)C1. The lowest BCUT2D eigenvalue weighted by molar-refractivity contribution is 0.509. The molecule has 2 aromatic heterocycles. The van der Waals surface area contributed by atoms with Crippen molar-refractivity contribution in [3.63, 3.8) is 0 Å². The van der Waals surface area contributed by atoms with Crippen LogP contribution in [0.15, 0.2) is 36.7 Å². The number of anilines is 1. The molecule has 0 aliphatic heterocycles. The van der Waals surface area contributed by atoms with E-state index in [9.17, 15) is 0 Å². The normalized spacial score (nSPS) is 18.6. The summed E-state index contributed by atoms with van der Waals surface area (Å²) < 4.78 is 0. The maximum atomic E-state index is 4.56. The van der Waals surface area contributed by atoms with Crippen LogP contribution in [0.5, 0.6) is 0 Å². The molecule has 4 rings (SSSR count). The average molecular weight is 323 g/mol. The van der Waals surface area contributed by atoms with E-state index in [0.717, 1.165) is 23.0 Å². The van der Waals surface area contributed by atoms with Gasteiger partial charge in [-0.25, -0.2) is 9.97 Å². The van der Waals surface area contributed by atoms with Gasteiger partial charge in [0.15, 0.2) is 0 Å². The largest absolute Gasteiger partial charge is 0.363 e.